The molecule has 0 spiro atoms. The average molecular weight is 405 g/mol. The molecule has 0 aromatic heterocycles. The lowest BCUT2D eigenvalue weighted by Gasteiger charge is -2.33. The number of carbonyl (C=O) groups excluding carboxylic acids is 1. The Morgan fingerprint density at radius 3 is 2.63 bits per heavy atom. The highest BCUT2D eigenvalue weighted by Gasteiger charge is 2.43. The molecule has 0 radical (unpaired) electrons. The number of amides is 1. The highest BCUT2D eigenvalue weighted by atomic mass is 16.5. The van der Waals surface area contributed by atoms with Crippen molar-refractivity contribution in [2.24, 2.45) is 5.92 Å². The molecule has 3 heterocycles. The second-order valence-corrected chi connectivity index (χ2v) is 8.42. The van der Waals surface area contributed by atoms with E-state index in [9.17, 15) is 4.79 Å². The third kappa shape index (κ3) is 3.68. The summed E-state index contributed by atoms with van der Waals surface area (Å²) in [5, 5.41) is 6.40. The van der Waals surface area contributed by atoms with Crippen molar-refractivity contribution in [3.05, 3.63) is 66.4 Å². The van der Waals surface area contributed by atoms with Crippen molar-refractivity contribution in [1.29, 1.82) is 0 Å². The summed E-state index contributed by atoms with van der Waals surface area (Å²) in [5.74, 6) is 1.56. The van der Waals surface area contributed by atoms with Crippen LogP contribution in [0.15, 0.2) is 60.8 Å². The van der Waals surface area contributed by atoms with Crippen LogP contribution in [0.25, 0.3) is 5.57 Å². The third-order valence-electron chi connectivity index (χ3n) is 6.30. The number of hydrogen-bond acceptors (Lipinski definition) is 5. The van der Waals surface area contributed by atoms with E-state index in [1.54, 1.807) is 0 Å². The van der Waals surface area contributed by atoms with Gasteiger partial charge >= 0.3 is 0 Å². The van der Waals surface area contributed by atoms with Gasteiger partial charge in [0.25, 0.3) is 0 Å². The molecule has 2 aromatic rings. The number of nitrogens with zero attached hydrogens (tertiary/aromatic N) is 2. The fraction of sp³-hybridized carbons (Fsp3) is 0.375. The van der Waals surface area contributed by atoms with Gasteiger partial charge < -0.3 is 19.9 Å². The normalized spacial score (nSPS) is 26.3. The summed E-state index contributed by atoms with van der Waals surface area (Å²) in [5.41, 5.74) is 3.25. The van der Waals surface area contributed by atoms with Crippen molar-refractivity contribution in [3.8, 4) is 5.75 Å². The van der Waals surface area contributed by atoms with Crippen LogP contribution >= 0.6 is 0 Å². The van der Waals surface area contributed by atoms with Crippen molar-refractivity contribution in [3.63, 3.8) is 0 Å². The number of ether oxygens (including phenoxy) is 1. The molecule has 0 bridgehead atoms. The third-order valence-corrected chi connectivity index (χ3v) is 6.30. The highest BCUT2D eigenvalue weighted by molar-refractivity contribution is 5.95. The van der Waals surface area contributed by atoms with Gasteiger partial charge in [-0.05, 0) is 55.4 Å². The summed E-state index contributed by atoms with van der Waals surface area (Å²) in [7, 11) is 2.16. The zero-order valence-corrected chi connectivity index (χ0v) is 17.3. The number of carbonyl (C=O) groups is 1. The van der Waals surface area contributed by atoms with Gasteiger partial charge in [-0.3, -0.25) is 10.1 Å². The standard InChI is InChI=1S/C24H28N4O2/c1-27-12-11-17(13-27)15-30-20-9-7-18(8-10-20)21-14-28(19-5-3-2-4-6-19)23-22(21)25-16-26-24(23)29/h2-10,14,17,22-23,25H,11-13,15-16H2,1H3,(H,26,29). The summed E-state index contributed by atoms with van der Waals surface area (Å²) in [6.45, 7) is 3.51. The number of nitrogens with one attached hydrogen (secondary N) is 2. The van der Waals surface area contributed by atoms with Gasteiger partial charge in [0.1, 0.15) is 11.8 Å². The van der Waals surface area contributed by atoms with Gasteiger partial charge in [-0.15, -0.1) is 0 Å². The predicted molar refractivity (Wildman–Crippen MR) is 118 cm³/mol. The number of likely N-dealkylation sites (tertiary alicyclic amines) is 1. The van der Waals surface area contributed by atoms with Crippen LogP contribution in [-0.2, 0) is 4.79 Å². The Labute approximate surface area is 177 Å². The number of fused-ring (bicyclic) bond motifs is 1. The molecule has 1 amide bonds. The van der Waals surface area contributed by atoms with Crippen LogP contribution in [0.3, 0.4) is 0 Å². The fourth-order valence-corrected chi connectivity index (χ4v) is 4.70. The van der Waals surface area contributed by atoms with E-state index in [1.807, 2.05) is 42.5 Å². The molecule has 156 valence electrons. The minimum absolute atomic E-state index is 0.0419. The molecule has 0 aliphatic carbocycles. The second-order valence-electron chi connectivity index (χ2n) is 8.42. The van der Waals surface area contributed by atoms with E-state index in [0.29, 0.717) is 12.6 Å². The largest absolute Gasteiger partial charge is 0.493 e. The first-order chi connectivity index (χ1) is 14.7. The Hall–Kier alpha value is -2.83. The van der Waals surface area contributed by atoms with E-state index < -0.39 is 0 Å². The molecular weight excluding hydrogens is 376 g/mol. The molecule has 5 rings (SSSR count). The quantitative estimate of drug-likeness (QED) is 0.801. The Balaban J connectivity index is 1.35. The molecule has 3 atom stereocenters. The maximum Gasteiger partial charge on any atom is 0.246 e. The van der Waals surface area contributed by atoms with Crippen LogP contribution in [0, 0.1) is 5.92 Å². The summed E-state index contributed by atoms with van der Waals surface area (Å²) >= 11 is 0. The van der Waals surface area contributed by atoms with Crippen molar-refractivity contribution in [1.82, 2.24) is 15.5 Å². The Bertz CT molecular complexity index is 928. The molecule has 2 saturated heterocycles. The molecule has 3 aliphatic rings. The molecular formula is C24H28N4O2. The van der Waals surface area contributed by atoms with Crippen LogP contribution in [0.4, 0.5) is 5.69 Å². The molecule has 2 fully saturated rings. The SMILES string of the molecule is CN1CCC(COc2ccc(C3=CN(c4ccccc4)C4C(=O)NCNC34)cc2)C1. The van der Waals surface area contributed by atoms with Gasteiger partial charge in [0, 0.05) is 24.4 Å². The minimum Gasteiger partial charge on any atom is -0.493 e. The van der Waals surface area contributed by atoms with E-state index in [1.165, 1.54) is 6.42 Å². The van der Waals surface area contributed by atoms with E-state index in [4.69, 9.17) is 4.74 Å². The lowest BCUT2D eigenvalue weighted by molar-refractivity contribution is -0.123. The predicted octanol–water partition coefficient (Wildman–Crippen LogP) is 2.29. The zero-order chi connectivity index (χ0) is 20.5. The molecule has 3 unspecified atom stereocenters. The van der Waals surface area contributed by atoms with Gasteiger partial charge in [-0.2, -0.15) is 0 Å². The van der Waals surface area contributed by atoms with Crippen LogP contribution in [0.5, 0.6) is 5.75 Å². The number of anilines is 1. The monoisotopic (exact) mass is 404 g/mol. The molecule has 6 heteroatoms. The first kappa shape index (κ1) is 19.2. The van der Waals surface area contributed by atoms with Gasteiger partial charge in [0.05, 0.1) is 19.3 Å². The Kier molecular flexibility index (Phi) is 5.19. The molecule has 2 aromatic carbocycles. The van der Waals surface area contributed by atoms with Gasteiger partial charge in [-0.25, -0.2) is 0 Å². The molecule has 0 saturated carbocycles. The molecule has 6 nitrogen and oxygen atoms in total. The molecule has 2 N–H and O–H groups in total. The van der Waals surface area contributed by atoms with Gasteiger partial charge in [-0.1, -0.05) is 30.3 Å². The van der Waals surface area contributed by atoms with E-state index in [-0.39, 0.29) is 18.0 Å². The summed E-state index contributed by atoms with van der Waals surface area (Å²) < 4.78 is 6.03. The summed E-state index contributed by atoms with van der Waals surface area (Å²) in [4.78, 5) is 17.1. The van der Waals surface area contributed by atoms with E-state index in [2.05, 4.69) is 45.8 Å². The second kappa shape index (κ2) is 8.13. The van der Waals surface area contributed by atoms with Gasteiger partial charge in [0.15, 0.2) is 0 Å². The first-order valence-electron chi connectivity index (χ1n) is 10.7. The maximum absolute atomic E-state index is 12.7. The van der Waals surface area contributed by atoms with Crippen molar-refractivity contribution < 1.29 is 9.53 Å². The smallest absolute Gasteiger partial charge is 0.246 e. The van der Waals surface area contributed by atoms with Crippen LogP contribution in [0.2, 0.25) is 0 Å². The topological polar surface area (TPSA) is 56.8 Å². The van der Waals surface area contributed by atoms with Crippen LogP contribution in [0.1, 0.15) is 12.0 Å². The number of benzene rings is 2. The van der Waals surface area contributed by atoms with Crippen molar-refractivity contribution in [2.75, 3.05) is 38.3 Å². The van der Waals surface area contributed by atoms with Gasteiger partial charge in [0.2, 0.25) is 5.91 Å². The minimum atomic E-state index is -0.286. The molecule has 30 heavy (non-hydrogen) atoms. The number of rotatable bonds is 5. The Morgan fingerprint density at radius 1 is 1.10 bits per heavy atom. The first-order valence-corrected chi connectivity index (χ1v) is 10.7. The van der Waals surface area contributed by atoms with Crippen molar-refractivity contribution in [2.45, 2.75) is 18.5 Å². The van der Waals surface area contributed by atoms with Crippen LogP contribution < -0.4 is 20.3 Å². The zero-order valence-electron chi connectivity index (χ0n) is 17.3. The number of para-hydroxylation sites is 1. The summed E-state index contributed by atoms with van der Waals surface area (Å²) in [6.07, 6.45) is 3.31. The van der Waals surface area contributed by atoms with Crippen molar-refractivity contribution >= 4 is 17.2 Å². The summed E-state index contributed by atoms with van der Waals surface area (Å²) in [6, 6.07) is 18.0. The highest BCUT2D eigenvalue weighted by Crippen LogP contribution is 2.35. The fourth-order valence-electron chi connectivity index (χ4n) is 4.70. The number of hydrogen-bond donors (Lipinski definition) is 2. The lowest BCUT2D eigenvalue weighted by Crippen LogP contribution is -2.61. The maximum atomic E-state index is 12.7. The molecule has 3 aliphatic heterocycles. The van der Waals surface area contributed by atoms with E-state index in [0.717, 1.165) is 42.3 Å². The van der Waals surface area contributed by atoms with Crippen LogP contribution in [-0.4, -0.2) is 56.3 Å². The lowest BCUT2D eigenvalue weighted by atomic mass is 9.95. The van der Waals surface area contributed by atoms with E-state index >= 15 is 0 Å². The average Bonchev–Trinajstić information content (AvgIpc) is 3.38. The Morgan fingerprint density at radius 2 is 1.90 bits per heavy atom.